The Hall–Kier alpha value is -1.90. The molecule has 16 heavy (non-hydrogen) atoms. The molecule has 0 radical (unpaired) electrons. The summed E-state index contributed by atoms with van der Waals surface area (Å²) < 4.78 is 0. The summed E-state index contributed by atoms with van der Waals surface area (Å²) in [4.78, 5) is 8.57. The summed E-state index contributed by atoms with van der Waals surface area (Å²) in [6.07, 6.45) is 0. The molecule has 0 atom stereocenters. The van der Waals surface area contributed by atoms with Crippen molar-refractivity contribution < 1.29 is 0 Å². The SMILES string of the molecule is Cc1ccc(Nc2cc(C)nc(C)n2)cc1. The monoisotopic (exact) mass is 213 g/mol. The molecule has 1 heterocycles. The zero-order chi connectivity index (χ0) is 11.5. The van der Waals surface area contributed by atoms with Crippen LogP contribution >= 0.6 is 0 Å². The van der Waals surface area contributed by atoms with Crippen LogP contribution in [0.15, 0.2) is 30.3 Å². The van der Waals surface area contributed by atoms with E-state index in [0.717, 1.165) is 23.0 Å². The van der Waals surface area contributed by atoms with Crippen molar-refractivity contribution in [2.24, 2.45) is 0 Å². The number of aromatic nitrogens is 2. The van der Waals surface area contributed by atoms with Crippen LogP contribution in [0.5, 0.6) is 0 Å². The summed E-state index contributed by atoms with van der Waals surface area (Å²) in [7, 11) is 0. The maximum Gasteiger partial charge on any atom is 0.134 e. The molecule has 2 aromatic rings. The van der Waals surface area contributed by atoms with Gasteiger partial charge in [0.15, 0.2) is 0 Å². The van der Waals surface area contributed by atoms with E-state index >= 15 is 0 Å². The van der Waals surface area contributed by atoms with E-state index in [4.69, 9.17) is 0 Å². The molecule has 0 unspecified atom stereocenters. The summed E-state index contributed by atoms with van der Waals surface area (Å²) >= 11 is 0. The molecule has 1 N–H and O–H groups in total. The van der Waals surface area contributed by atoms with Crippen molar-refractivity contribution in [1.29, 1.82) is 0 Å². The smallest absolute Gasteiger partial charge is 0.134 e. The van der Waals surface area contributed by atoms with Crippen LogP contribution in [0.25, 0.3) is 0 Å². The van der Waals surface area contributed by atoms with E-state index in [1.54, 1.807) is 0 Å². The zero-order valence-electron chi connectivity index (χ0n) is 9.78. The van der Waals surface area contributed by atoms with Crippen molar-refractivity contribution in [2.75, 3.05) is 5.32 Å². The van der Waals surface area contributed by atoms with E-state index in [1.807, 2.05) is 32.0 Å². The van der Waals surface area contributed by atoms with Crippen molar-refractivity contribution >= 4 is 11.5 Å². The number of benzene rings is 1. The van der Waals surface area contributed by atoms with Gasteiger partial charge < -0.3 is 5.32 Å². The van der Waals surface area contributed by atoms with Crippen molar-refractivity contribution in [3.63, 3.8) is 0 Å². The fourth-order valence-electron chi connectivity index (χ4n) is 1.57. The first-order valence-corrected chi connectivity index (χ1v) is 5.29. The second-order valence-corrected chi connectivity index (χ2v) is 3.93. The minimum absolute atomic E-state index is 0.787. The molecule has 0 aliphatic heterocycles. The first-order valence-electron chi connectivity index (χ1n) is 5.29. The van der Waals surface area contributed by atoms with Crippen LogP contribution < -0.4 is 5.32 Å². The van der Waals surface area contributed by atoms with Gasteiger partial charge >= 0.3 is 0 Å². The first kappa shape index (κ1) is 10.6. The van der Waals surface area contributed by atoms with Gasteiger partial charge in [-0.3, -0.25) is 0 Å². The minimum atomic E-state index is 0.787. The Morgan fingerprint density at radius 2 is 1.62 bits per heavy atom. The second kappa shape index (κ2) is 4.31. The van der Waals surface area contributed by atoms with E-state index in [1.165, 1.54) is 5.56 Å². The highest BCUT2D eigenvalue weighted by Crippen LogP contribution is 2.15. The lowest BCUT2D eigenvalue weighted by Gasteiger charge is -2.07. The van der Waals surface area contributed by atoms with E-state index < -0.39 is 0 Å². The van der Waals surface area contributed by atoms with Gasteiger partial charge in [-0.15, -0.1) is 0 Å². The quantitative estimate of drug-likeness (QED) is 0.832. The molecule has 2 rings (SSSR count). The predicted molar refractivity (Wildman–Crippen MR) is 66.0 cm³/mol. The molecule has 3 nitrogen and oxygen atoms in total. The van der Waals surface area contributed by atoms with Gasteiger partial charge in [0.25, 0.3) is 0 Å². The molecule has 1 aromatic heterocycles. The number of hydrogen-bond acceptors (Lipinski definition) is 3. The van der Waals surface area contributed by atoms with E-state index in [2.05, 4.69) is 34.3 Å². The van der Waals surface area contributed by atoms with Gasteiger partial charge in [-0.05, 0) is 32.9 Å². The summed E-state index contributed by atoms with van der Waals surface area (Å²) in [6, 6.07) is 10.2. The van der Waals surface area contributed by atoms with Gasteiger partial charge in [0.2, 0.25) is 0 Å². The molecule has 0 bridgehead atoms. The number of aryl methyl sites for hydroxylation is 3. The lowest BCUT2D eigenvalue weighted by molar-refractivity contribution is 1.02. The van der Waals surface area contributed by atoms with Crippen molar-refractivity contribution in [1.82, 2.24) is 9.97 Å². The molecule has 0 aliphatic carbocycles. The first-order chi connectivity index (χ1) is 7.63. The van der Waals surface area contributed by atoms with Crippen LogP contribution in [-0.2, 0) is 0 Å². The Balaban J connectivity index is 2.23. The van der Waals surface area contributed by atoms with Crippen molar-refractivity contribution in [2.45, 2.75) is 20.8 Å². The van der Waals surface area contributed by atoms with Crippen LogP contribution in [0.3, 0.4) is 0 Å². The third-order valence-electron chi connectivity index (χ3n) is 2.29. The van der Waals surface area contributed by atoms with E-state index in [9.17, 15) is 0 Å². The number of hydrogen-bond donors (Lipinski definition) is 1. The van der Waals surface area contributed by atoms with E-state index in [-0.39, 0.29) is 0 Å². The maximum absolute atomic E-state index is 4.33. The van der Waals surface area contributed by atoms with Gasteiger partial charge in [0.1, 0.15) is 11.6 Å². The Morgan fingerprint density at radius 1 is 0.938 bits per heavy atom. The third kappa shape index (κ3) is 2.57. The van der Waals surface area contributed by atoms with Gasteiger partial charge in [0, 0.05) is 17.4 Å². The number of rotatable bonds is 2. The molecule has 1 aromatic carbocycles. The van der Waals surface area contributed by atoms with Crippen LogP contribution in [0.2, 0.25) is 0 Å². The Bertz CT molecular complexity index is 469. The Kier molecular flexibility index (Phi) is 2.86. The normalized spacial score (nSPS) is 10.2. The van der Waals surface area contributed by atoms with Crippen LogP contribution in [0.4, 0.5) is 11.5 Å². The second-order valence-electron chi connectivity index (χ2n) is 3.93. The largest absolute Gasteiger partial charge is 0.340 e. The van der Waals surface area contributed by atoms with Crippen LogP contribution in [0.1, 0.15) is 17.1 Å². The summed E-state index contributed by atoms with van der Waals surface area (Å²) in [5.41, 5.74) is 3.27. The molecule has 0 spiro atoms. The maximum atomic E-state index is 4.33. The van der Waals surface area contributed by atoms with Gasteiger partial charge in [-0.25, -0.2) is 9.97 Å². The third-order valence-corrected chi connectivity index (χ3v) is 2.29. The summed E-state index contributed by atoms with van der Waals surface area (Å²) in [5, 5.41) is 3.26. The van der Waals surface area contributed by atoms with Crippen molar-refractivity contribution in [3.05, 3.63) is 47.4 Å². The number of nitrogens with one attached hydrogen (secondary N) is 1. The molecule has 0 amide bonds. The molecular formula is C13H15N3. The summed E-state index contributed by atoms with van der Waals surface area (Å²) in [5.74, 6) is 1.63. The average molecular weight is 213 g/mol. The fourth-order valence-corrected chi connectivity index (χ4v) is 1.57. The van der Waals surface area contributed by atoms with Crippen LogP contribution in [-0.4, -0.2) is 9.97 Å². The Morgan fingerprint density at radius 3 is 2.25 bits per heavy atom. The van der Waals surface area contributed by atoms with Gasteiger partial charge in [0.05, 0.1) is 0 Å². The number of nitrogens with zero attached hydrogens (tertiary/aromatic N) is 2. The van der Waals surface area contributed by atoms with E-state index in [0.29, 0.717) is 0 Å². The topological polar surface area (TPSA) is 37.8 Å². The predicted octanol–water partition coefficient (Wildman–Crippen LogP) is 3.15. The molecular weight excluding hydrogens is 198 g/mol. The number of anilines is 2. The highest BCUT2D eigenvalue weighted by atomic mass is 15.0. The molecule has 82 valence electrons. The minimum Gasteiger partial charge on any atom is -0.340 e. The highest BCUT2D eigenvalue weighted by molar-refractivity contribution is 5.56. The lowest BCUT2D eigenvalue weighted by Crippen LogP contribution is -1.98. The molecule has 3 heteroatoms. The average Bonchev–Trinajstić information content (AvgIpc) is 2.20. The molecule has 0 aliphatic rings. The van der Waals surface area contributed by atoms with Crippen molar-refractivity contribution in [3.8, 4) is 0 Å². The Labute approximate surface area is 95.6 Å². The molecule has 0 saturated carbocycles. The van der Waals surface area contributed by atoms with Crippen LogP contribution in [0, 0.1) is 20.8 Å². The molecule has 0 saturated heterocycles. The lowest BCUT2D eigenvalue weighted by atomic mass is 10.2. The highest BCUT2D eigenvalue weighted by Gasteiger charge is 1.99. The summed E-state index contributed by atoms with van der Waals surface area (Å²) in [6.45, 7) is 5.94. The molecule has 0 fully saturated rings. The fraction of sp³-hybridized carbons (Fsp3) is 0.231. The standard InChI is InChI=1S/C13H15N3/c1-9-4-6-12(7-5-9)16-13-8-10(2)14-11(3)15-13/h4-8H,1-3H3,(H,14,15,16). The zero-order valence-corrected chi connectivity index (χ0v) is 9.78. The van der Waals surface area contributed by atoms with Gasteiger partial charge in [-0.1, -0.05) is 17.7 Å². The van der Waals surface area contributed by atoms with Gasteiger partial charge in [-0.2, -0.15) is 0 Å².